The smallest absolute Gasteiger partial charge is 0.00401 e. The third-order valence-corrected chi connectivity index (χ3v) is 7.02. The Labute approximate surface area is 232 Å². The van der Waals surface area contributed by atoms with Crippen molar-refractivity contribution in [3.05, 3.63) is 59.7 Å². The third kappa shape index (κ3) is 17.4. The second-order valence-corrected chi connectivity index (χ2v) is 10.7. The van der Waals surface area contributed by atoms with E-state index in [2.05, 4.69) is 95.1 Å². The van der Waals surface area contributed by atoms with E-state index in [0.717, 1.165) is 75.0 Å². The summed E-state index contributed by atoms with van der Waals surface area (Å²) in [6, 6.07) is 16.9. The van der Waals surface area contributed by atoms with Crippen molar-refractivity contribution in [2.45, 2.75) is 74.0 Å². The van der Waals surface area contributed by atoms with E-state index in [1.165, 1.54) is 62.5 Å². The SMILES string of the molecule is Sc1ccc(CCNCCCNCCCCCCCCNCCCNCCc2ccc(S)cc2)cc1. The molecule has 0 saturated heterocycles. The molecule has 6 heteroatoms. The van der Waals surface area contributed by atoms with Crippen LogP contribution < -0.4 is 21.3 Å². The highest BCUT2D eigenvalue weighted by molar-refractivity contribution is 7.80. The van der Waals surface area contributed by atoms with Crippen LogP contribution in [-0.4, -0.2) is 52.4 Å². The van der Waals surface area contributed by atoms with Gasteiger partial charge in [0, 0.05) is 9.79 Å². The number of hydrogen-bond donors (Lipinski definition) is 6. The quantitative estimate of drug-likeness (QED) is 0.0845. The van der Waals surface area contributed by atoms with Crippen molar-refractivity contribution < 1.29 is 0 Å². The minimum absolute atomic E-state index is 1.03. The van der Waals surface area contributed by atoms with Gasteiger partial charge in [0.15, 0.2) is 0 Å². The molecule has 4 nitrogen and oxygen atoms in total. The van der Waals surface area contributed by atoms with E-state index in [-0.39, 0.29) is 0 Å². The van der Waals surface area contributed by atoms with E-state index in [0.29, 0.717) is 0 Å². The summed E-state index contributed by atoms with van der Waals surface area (Å²) >= 11 is 8.66. The van der Waals surface area contributed by atoms with Gasteiger partial charge in [-0.15, -0.1) is 25.3 Å². The molecular weight excluding hydrogens is 480 g/mol. The Balaban J connectivity index is 1.21. The van der Waals surface area contributed by atoms with E-state index in [1.54, 1.807) is 0 Å². The number of hydrogen-bond acceptors (Lipinski definition) is 6. The monoisotopic (exact) mass is 530 g/mol. The average Bonchev–Trinajstić information content (AvgIpc) is 2.89. The maximum atomic E-state index is 4.33. The maximum absolute atomic E-state index is 4.33. The van der Waals surface area contributed by atoms with Crippen LogP contribution in [0.4, 0.5) is 0 Å². The first-order valence-electron chi connectivity index (χ1n) is 14.1. The van der Waals surface area contributed by atoms with Crippen molar-refractivity contribution in [1.29, 1.82) is 0 Å². The Kier molecular flexibility index (Phi) is 19.1. The Morgan fingerprint density at radius 1 is 0.361 bits per heavy atom. The Morgan fingerprint density at radius 2 is 0.667 bits per heavy atom. The lowest BCUT2D eigenvalue weighted by Crippen LogP contribution is -2.24. The topological polar surface area (TPSA) is 48.1 Å². The molecule has 2 aromatic rings. The molecule has 0 aliphatic heterocycles. The number of thiol groups is 2. The van der Waals surface area contributed by atoms with Gasteiger partial charge in [-0.2, -0.15) is 0 Å². The zero-order chi connectivity index (χ0) is 25.5. The van der Waals surface area contributed by atoms with Crippen LogP contribution in [0.2, 0.25) is 0 Å². The van der Waals surface area contributed by atoms with Crippen LogP contribution >= 0.6 is 25.3 Å². The minimum atomic E-state index is 1.03. The van der Waals surface area contributed by atoms with Crippen LogP contribution in [0.1, 0.15) is 62.5 Å². The van der Waals surface area contributed by atoms with E-state index >= 15 is 0 Å². The fourth-order valence-electron chi connectivity index (χ4n) is 4.17. The molecule has 0 aromatic heterocycles. The van der Waals surface area contributed by atoms with Crippen LogP contribution in [0.5, 0.6) is 0 Å². The zero-order valence-corrected chi connectivity index (χ0v) is 24.0. The highest BCUT2D eigenvalue weighted by Crippen LogP contribution is 2.09. The highest BCUT2D eigenvalue weighted by atomic mass is 32.1. The van der Waals surface area contributed by atoms with Crippen molar-refractivity contribution >= 4 is 25.3 Å². The average molecular weight is 531 g/mol. The van der Waals surface area contributed by atoms with Gasteiger partial charge < -0.3 is 21.3 Å². The first kappa shape index (κ1) is 31.2. The van der Waals surface area contributed by atoms with Crippen molar-refractivity contribution in [2.75, 3.05) is 52.4 Å². The normalized spacial score (nSPS) is 11.3. The fourth-order valence-corrected chi connectivity index (χ4v) is 4.47. The van der Waals surface area contributed by atoms with E-state index in [4.69, 9.17) is 0 Å². The number of unbranched alkanes of at least 4 members (excludes halogenated alkanes) is 5. The molecule has 36 heavy (non-hydrogen) atoms. The van der Waals surface area contributed by atoms with Crippen molar-refractivity contribution in [1.82, 2.24) is 21.3 Å². The molecule has 2 aromatic carbocycles. The van der Waals surface area contributed by atoms with Gasteiger partial charge >= 0.3 is 0 Å². The van der Waals surface area contributed by atoms with Crippen molar-refractivity contribution in [2.24, 2.45) is 0 Å². The van der Waals surface area contributed by atoms with Gasteiger partial charge in [0.1, 0.15) is 0 Å². The molecule has 0 amide bonds. The molecule has 0 aliphatic carbocycles. The van der Waals surface area contributed by atoms with Gasteiger partial charge in [-0.25, -0.2) is 0 Å². The maximum Gasteiger partial charge on any atom is 0.00401 e. The predicted molar refractivity (Wildman–Crippen MR) is 163 cm³/mol. The minimum Gasteiger partial charge on any atom is -0.317 e. The molecule has 0 bridgehead atoms. The van der Waals surface area contributed by atoms with E-state index in [1.807, 2.05) is 0 Å². The van der Waals surface area contributed by atoms with Gasteiger partial charge in [-0.05, 0) is 126 Å². The lowest BCUT2D eigenvalue weighted by atomic mass is 10.1. The zero-order valence-electron chi connectivity index (χ0n) is 22.2. The number of benzene rings is 2. The molecule has 2 rings (SSSR count). The molecule has 0 fully saturated rings. The second-order valence-electron chi connectivity index (χ2n) is 9.66. The summed E-state index contributed by atoms with van der Waals surface area (Å²) in [6.45, 7) is 8.83. The molecule has 4 N–H and O–H groups in total. The molecular formula is C30H50N4S2. The standard InChI is InChI=1S/C30H50N4S2/c35-29-13-9-27(10-14-29)17-25-33-23-7-21-31-19-5-3-1-2-4-6-20-32-22-8-24-34-26-18-28-11-15-30(36)16-12-28/h9-16,31-36H,1-8,17-26H2. The van der Waals surface area contributed by atoms with Crippen LogP contribution in [-0.2, 0) is 12.8 Å². The van der Waals surface area contributed by atoms with Crippen molar-refractivity contribution in [3.8, 4) is 0 Å². The molecule has 0 heterocycles. The Bertz CT molecular complexity index is 687. The molecule has 0 radical (unpaired) electrons. The lowest BCUT2D eigenvalue weighted by Gasteiger charge is -2.08. The summed E-state index contributed by atoms with van der Waals surface area (Å²) < 4.78 is 0. The highest BCUT2D eigenvalue weighted by Gasteiger charge is 1.96. The van der Waals surface area contributed by atoms with Gasteiger partial charge in [0.2, 0.25) is 0 Å². The summed E-state index contributed by atoms with van der Waals surface area (Å²) in [7, 11) is 0. The molecule has 202 valence electrons. The third-order valence-electron chi connectivity index (χ3n) is 6.42. The van der Waals surface area contributed by atoms with Gasteiger partial charge in [0.25, 0.3) is 0 Å². The summed E-state index contributed by atoms with van der Waals surface area (Å²) in [5, 5.41) is 14.3. The molecule has 0 unspecified atom stereocenters. The largest absolute Gasteiger partial charge is 0.317 e. The summed E-state index contributed by atoms with van der Waals surface area (Å²) in [6.07, 6.45) is 12.6. The van der Waals surface area contributed by atoms with Gasteiger partial charge in [0.05, 0.1) is 0 Å². The fraction of sp³-hybridized carbons (Fsp3) is 0.600. The molecule has 0 saturated carbocycles. The Hall–Kier alpha value is -1.02. The second kappa shape index (κ2) is 22.0. The van der Waals surface area contributed by atoms with Crippen LogP contribution in [0.15, 0.2) is 58.3 Å². The number of nitrogens with one attached hydrogen (secondary N) is 4. The van der Waals surface area contributed by atoms with Crippen LogP contribution in [0, 0.1) is 0 Å². The van der Waals surface area contributed by atoms with E-state index in [9.17, 15) is 0 Å². The van der Waals surface area contributed by atoms with Crippen LogP contribution in [0.3, 0.4) is 0 Å². The summed E-state index contributed by atoms with van der Waals surface area (Å²) in [4.78, 5) is 2.06. The number of rotatable bonds is 23. The predicted octanol–water partition coefficient (Wildman–Crippen LogP) is 5.53. The molecule has 0 spiro atoms. The first-order valence-corrected chi connectivity index (χ1v) is 15.0. The van der Waals surface area contributed by atoms with E-state index < -0.39 is 0 Å². The van der Waals surface area contributed by atoms with Crippen molar-refractivity contribution in [3.63, 3.8) is 0 Å². The van der Waals surface area contributed by atoms with Gasteiger partial charge in [-0.3, -0.25) is 0 Å². The van der Waals surface area contributed by atoms with Gasteiger partial charge in [-0.1, -0.05) is 49.9 Å². The lowest BCUT2D eigenvalue weighted by molar-refractivity contribution is 0.535. The molecule has 0 atom stereocenters. The van der Waals surface area contributed by atoms with Crippen LogP contribution in [0.25, 0.3) is 0 Å². The Morgan fingerprint density at radius 3 is 1.06 bits per heavy atom. The summed E-state index contributed by atoms with van der Waals surface area (Å²) in [5.41, 5.74) is 2.75. The first-order chi connectivity index (χ1) is 17.7. The summed E-state index contributed by atoms with van der Waals surface area (Å²) in [5.74, 6) is 0. The molecule has 0 aliphatic rings.